The minimum Gasteiger partial charge on any atom is -0.459 e. The van der Waals surface area contributed by atoms with Crippen molar-refractivity contribution < 1.29 is 14.0 Å². The molecule has 1 unspecified atom stereocenters. The number of nitrogens with zero attached hydrogens (tertiary/aromatic N) is 1. The van der Waals surface area contributed by atoms with E-state index in [2.05, 4.69) is 5.32 Å². The fraction of sp³-hybridized carbons (Fsp3) is 0.368. The van der Waals surface area contributed by atoms with Crippen LogP contribution >= 0.6 is 0 Å². The minimum absolute atomic E-state index is 0.0574. The van der Waals surface area contributed by atoms with Crippen LogP contribution in [0.1, 0.15) is 41.4 Å². The van der Waals surface area contributed by atoms with E-state index in [1.54, 1.807) is 19.1 Å². The van der Waals surface area contributed by atoms with Crippen LogP contribution in [-0.2, 0) is 11.3 Å². The van der Waals surface area contributed by atoms with Crippen molar-refractivity contribution in [2.24, 2.45) is 0 Å². The van der Waals surface area contributed by atoms with Gasteiger partial charge >= 0.3 is 0 Å². The maximum atomic E-state index is 12.8. The summed E-state index contributed by atoms with van der Waals surface area (Å²) in [7, 11) is 0. The Bertz CT molecular complexity index is 703. The largest absolute Gasteiger partial charge is 0.459 e. The summed E-state index contributed by atoms with van der Waals surface area (Å²) in [5, 5.41) is 2.72. The van der Waals surface area contributed by atoms with Gasteiger partial charge in [-0.2, -0.15) is 0 Å². The van der Waals surface area contributed by atoms with Crippen molar-refractivity contribution >= 4 is 11.8 Å². The zero-order valence-corrected chi connectivity index (χ0v) is 14.0. The van der Waals surface area contributed by atoms with Gasteiger partial charge in [-0.3, -0.25) is 9.59 Å². The average Bonchev–Trinajstić information content (AvgIpc) is 3.26. The number of hydrogen-bond donors (Lipinski definition) is 1. The number of hydrogen-bond acceptors (Lipinski definition) is 3. The van der Waals surface area contributed by atoms with Gasteiger partial charge in [-0.15, -0.1) is 0 Å². The fourth-order valence-corrected chi connectivity index (χ4v) is 2.65. The zero-order valence-electron chi connectivity index (χ0n) is 14.0. The lowest BCUT2D eigenvalue weighted by atomic mass is 10.1. The summed E-state index contributed by atoms with van der Waals surface area (Å²) in [4.78, 5) is 26.7. The highest BCUT2D eigenvalue weighted by atomic mass is 16.3. The molecule has 1 atom stereocenters. The van der Waals surface area contributed by atoms with E-state index in [1.165, 1.54) is 11.8 Å². The predicted molar refractivity (Wildman–Crippen MR) is 90.4 cm³/mol. The Hall–Kier alpha value is -2.56. The highest BCUT2D eigenvalue weighted by Gasteiger charge is 2.35. The van der Waals surface area contributed by atoms with E-state index in [1.807, 2.05) is 36.1 Å². The number of benzene rings is 1. The molecule has 1 aliphatic carbocycles. The SMILES string of the molecule is Cc1ccc(CN(C(=O)C(C)NC(=O)c2ccco2)C2CC2)cc1. The van der Waals surface area contributed by atoms with Gasteiger partial charge in [-0.1, -0.05) is 29.8 Å². The van der Waals surface area contributed by atoms with Crippen molar-refractivity contribution in [3.8, 4) is 0 Å². The number of carbonyl (C=O) groups is 2. The quantitative estimate of drug-likeness (QED) is 0.888. The van der Waals surface area contributed by atoms with Gasteiger partial charge in [0.25, 0.3) is 5.91 Å². The Morgan fingerprint density at radius 3 is 2.54 bits per heavy atom. The maximum Gasteiger partial charge on any atom is 0.287 e. The van der Waals surface area contributed by atoms with E-state index in [0.717, 1.165) is 18.4 Å². The van der Waals surface area contributed by atoms with Crippen molar-refractivity contribution in [3.05, 3.63) is 59.5 Å². The number of amides is 2. The third-order valence-corrected chi connectivity index (χ3v) is 4.21. The topological polar surface area (TPSA) is 62.6 Å². The van der Waals surface area contributed by atoms with Crippen LogP contribution in [0.5, 0.6) is 0 Å². The molecule has 5 nitrogen and oxygen atoms in total. The normalized spacial score (nSPS) is 14.9. The summed E-state index contributed by atoms with van der Waals surface area (Å²) >= 11 is 0. The lowest BCUT2D eigenvalue weighted by Crippen LogP contribution is -2.47. The molecule has 0 aliphatic heterocycles. The molecule has 126 valence electrons. The van der Waals surface area contributed by atoms with E-state index < -0.39 is 6.04 Å². The summed E-state index contributed by atoms with van der Waals surface area (Å²) in [5.41, 5.74) is 2.30. The maximum absolute atomic E-state index is 12.8. The van der Waals surface area contributed by atoms with Gasteiger partial charge in [0, 0.05) is 12.6 Å². The van der Waals surface area contributed by atoms with Gasteiger partial charge < -0.3 is 14.6 Å². The van der Waals surface area contributed by atoms with Gasteiger partial charge in [0.1, 0.15) is 6.04 Å². The molecule has 0 radical (unpaired) electrons. The molecule has 0 spiro atoms. The van der Waals surface area contributed by atoms with Gasteiger partial charge in [0.05, 0.1) is 6.26 Å². The minimum atomic E-state index is -0.589. The van der Waals surface area contributed by atoms with E-state index in [4.69, 9.17) is 4.42 Å². The first-order valence-corrected chi connectivity index (χ1v) is 8.25. The van der Waals surface area contributed by atoms with Crippen LogP contribution < -0.4 is 5.32 Å². The molecule has 2 aromatic rings. The van der Waals surface area contributed by atoms with Crippen molar-refractivity contribution in [3.63, 3.8) is 0 Å². The van der Waals surface area contributed by atoms with Crippen molar-refractivity contribution in [1.29, 1.82) is 0 Å². The van der Waals surface area contributed by atoms with Crippen LogP contribution in [0.3, 0.4) is 0 Å². The summed E-state index contributed by atoms with van der Waals surface area (Å²) in [6.07, 6.45) is 3.49. The van der Waals surface area contributed by atoms with Gasteiger partial charge in [-0.25, -0.2) is 0 Å². The first-order valence-electron chi connectivity index (χ1n) is 8.25. The number of rotatable bonds is 6. The number of furan rings is 1. The fourth-order valence-electron chi connectivity index (χ4n) is 2.65. The Morgan fingerprint density at radius 2 is 1.96 bits per heavy atom. The molecule has 5 heteroatoms. The second-order valence-electron chi connectivity index (χ2n) is 6.36. The van der Waals surface area contributed by atoms with Crippen LogP contribution in [0.4, 0.5) is 0 Å². The van der Waals surface area contributed by atoms with E-state index >= 15 is 0 Å². The molecule has 1 aromatic heterocycles. The van der Waals surface area contributed by atoms with Crippen molar-refractivity contribution in [2.75, 3.05) is 0 Å². The monoisotopic (exact) mass is 326 g/mol. The molecule has 1 saturated carbocycles. The average molecular weight is 326 g/mol. The molecule has 1 aliphatic rings. The van der Waals surface area contributed by atoms with Gasteiger partial charge in [-0.05, 0) is 44.4 Å². The van der Waals surface area contributed by atoms with Crippen LogP contribution in [0, 0.1) is 6.92 Å². The summed E-state index contributed by atoms with van der Waals surface area (Å²) in [6, 6.07) is 11.1. The van der Waals surface area contributed by atoms with Crippen LogP contribution in [-0.4, -0.2) is 28.8 Å². The van der Waals surface area contributed by atoms with Crippen molar-refractivity contribution in [1.82, 2.24) is 10.2 Å². The first-order chi connectivity index (χ1) is 11.5. The lowest BCUT2D eigenvalue weighted by molar-refractivity contribution is -0.134. The van der Waals surface area contributed by atoms with Gasteiger partial charge in [0.15, 0.2) is 5.76 Å². The van der Waals surface area contributed by atoms with Crippen LogP contribution in [0.25, 0.3) is 0 Å². The smallest absolute Gasteiger partial charge is 0.287 e. The zero-order chi connectivity index (χ0) is 17.1. The number of carbonyl (C=O) groups excluding carboxylic acids is 2. The van der Waals surface area contributed by atoms with Crippen LogP contribution in [0.15, 0.2) is 47.1 Å². The second kappa shape index (κ2) is 6.91. The van der Waals surface area contributed by atoms with E-state index in [9.17, 15) is 9.59 Å². The Balaban J connectivity index is 1.65. The van der Waals surface area contributed by atoms with E-state index in [-0.39, 0.29) is 23.6 Å². The van der Waals surface area contributed by atoms with Crippen molar-refractivity contribution in [2.45, 2.75) is 45.3 Å². The standard InChI is InChI=1S/C19H22N2O3/c1-13-5-7-15(8-6-13)12-21(16-9-10-16)19(23)14(2)20-18(22)17-4-3-11-24-17/h3-8,11,14,16H,9-10,12H2,1-2H3,(H,20,22). The lowest BCUT2D eigenvalue weighted by Gasteiger charge is -2.26. The number of nitrogens with one attached hydrogen (secondary N) is 1. The molecule has 24 heavy (non-hydrogen) atoms. The molecule has 0 bridgehead atoms. The molecule has 1 N–H and O–H groups in total. The Morgan fingerprint density at radius 1 is 1.25 bits per heavy atom. The first kappa shape index (κ1) is 16.3. The Labute approximate surface area is 141 Å². The molecular weight excluding hydrogens is 304 g/mol. The van der Waals surface area contributed by atoms with Gasteiger partial charge in [0.2, 0.25) is 5.91 Å². The molecular formula is C19H22N2O3. The highest BCUT2D eigenvalue weighted by Crippen LogP contribution is 2.29. The van der Waals surface area contributed by atoms with E-state index in [0.29, 0.717) is 6.54 Å². The molecule has 0 saturated heterocycles. The Kier molecular flexibility index (Phi) is 4.69. The molecule has 1 heterocycles. The van der Waals surface area contributed by atoms with Crippen LogP contribution in [0.2, 0.25) is 0 Å². The molecule has 3 rings (SSSR count). The predicted octanol–water partition coefficient (Wildman–Crippen LogP) is 2.90. The molecule has 1 fully saturated rings. The third-order valence-electron chi connectivity index (χ3n) is 4.21. The molecule has 2 amide bonds. The third kappa shape index (κ3) is 3.85. The molecule has 1 aromatic carbocycles. The summed E-state index contributed by atoms with van der Waals surface area (Å²) in [6.45, 7) is 4.33. The summed E-state index contributed by atoms with van der Waals surface area (Å²) in [5.74, 6) is -0.212. The summed E-state index contributed by atoms with van der Waals surface area (Å²) < 4.78 is 5.07. The second-order valence-corrected chi connectivity index (χ2v) is 6.36. The number of aryl methyl sites for hydroxylation is 1. The highest BCUT2D eigenvalue weighted by molar-refractivity contribution is 5.95.